The third-order valence-corrected chi connectivity index (χ3v) is 4.11. The molecule has 0 saturated carbocycles. The summed E-state index contributed by atoms with van der Waals surface area (Å²) in [5.41, 5.74) is -0.0313. The van der Waals surface area contributed by atoms with Crippen molar-refractivity contribution < 1.29 is 19.6 Å². The predicted molar refractivity (Wildman–Crippen MR) is 103 cm³/mol. The van der Waals surface area contributed by atoms with E-state index in [9.17, 15) is 25.3 Å². The van der Waals surface area contributed by atoms with Crippen molar-refractivity contribution in [3.05, 3.63) is 61.2 Å². The minimum absolute atomic E-state index is 0.232. The number of phenolic OH excluding ortho intramolecular Hbond substituents is 1. The van der Waals surface area contributed by atoms with Gasteiger partial charge in [0.15, 0.2) is 0 Å². The monoisotopic (exact) mass is 465 g/mol. The van der Waals surface area contributed by atoms with Gasteiger partial charge in [-0.05, 0) is 64.6 Å². The molecule has 0 aliphatic heterocycles. The summed E-state index contributed by atoms with van der Waals surface area (Å²) >= 11 is 1.73. The quantitative estimate of drug-likeness (QED) is 0.229. The number of nitriles is 1. The first-order chi connectivity index (χ1) is 12.3. The summed E-state index contributed by atoms with van der Waals surface area (Å²) in [7, 11) is 1.52. The number of methoxy groups -OCH3 is 1. The molecule has 0 fully saturated rings. The van der Waals surface area contributed by atoms with E-state index in [0.29, 0.717) is 11.4 Å². The van der Waals surface area contributed by atoms with Crippen molar-refractivity contribution in [3.8, 4) is 17.6 Å². The van der Waals surface area contributed by atoms with Crippen LogP contribution in [0.25, 0.3) is 6.08 Å². The van der Waals surface area contributed by atoms with Gasteiger partial charge in [0.25, 0.3) is 5.91 Å². The molecule has 0 heterocycles. The Kier molecular flexibility index (Phi) is 6.13. The second kappa shape index (κ2) is 8.30. The van der Waals surface area contributed by atoms with Crippen LogP contribution < -0.4 is 10.1 Å². The Morgan fingerprint density at radius 3 is 2.58 bits per heavy atom. The van der Waals surface area contributed by atoms with E-state index in [1.807, 2.05) is 0 Å². The number of benzene rings is 2. The highest BCUT2D eigenvalue weighted by Gasteiger charge is 2.18. The molecule has 0 aromatic heterocycles. The lowest BCUT2D eigenvalue weighted by atomic mass is 10.1. The van der Waals surface area contributed by atoms with E-state index in [4.69, 9.17) is 4.74 Å². The summed E-state index contributed by atoms with van der Waals surface area (Å²) in [5.74, 6) is -0.512. The van der Waals surface area contributed by atoms with Crippen LogP contribution in [0.2, 0.25) is 0 Å². The maximum absolute atomic E-state index is 12.3. The molecule has 0 radical (unpaired) electrons. The number of halogens is 1. The van der Waals surface area contributed by atoms with E-state index >= 15 is 0 Å². The first-order valence-electron chi connectivity index (χ1n) is 7.09. The first kappa shape index (κ1) is 19.2. The molecule has 1 amide bonds. The smallest absolute Gasteiger partial charge is 0.312 e. The molecule has 2 N–H and O–H groups in total. The molecule has 132 valence electrons. The van der Waals surface area contributed by atoms with Gasteiger partial charge >= 0.3 is 5.69 Å². The molecule has 0 saturated heterocycles. The molecule has 0 aliphatic rings. The van der Waals surface area contributed by atoms with E-state index in [0.717, 1.165) is 6.07 Å². The van der Waals surface area contributed by atoms with Crippen LogP contribution >= 0.6 is 22.6 Å². The van der Waals surface area contributed by atoms with Crippen LogP contribution in [0.4, 0.5) is 11.4 Å². The zero-order valence-corrected chi connectivity index (χ0v) is 15.6. The van der Waals surface area contributed by atoms with Gasteiger partial charge in [-0.1, -0.05) is 0 Å². The normalized spacial score (nSPS) is 10.7. The Morgan fingerprint density at radius 1 is 1.38 bits per heavy atom. The van der Waals surface area contributed by atoms with E-state index in [1.54, 1.807) is 52.9 Å². The number of phenols is 1. The van der Waals surface area contributed by atoms with Crippen molar-refractivity contribution in [1.82, 2.24) is 0 Å². The Labute approximate surface area is 162 Å². The topological polar surface area (TPSA) is 125 Å². The number of amides is 1. The number of carbonyl (C=O) groups excluding carboxylic acids is 1. The highest BCUT2D eigenvalue weighted by Crippen LogP contribution is 2.33. The van der Waals surface area contributed by atoms with Gasteiger partial charge in [-0.3, -0.25) is 14.9 Å². The number of nitrogens with one attached hydrogen (secondary N) is 1. The summed E-state index contributed by atoms with van der Waals surface area (Å²) in [5, 5.41) is 32.5. The zero-order valence-electron chi connectivity index (χ0n) is 13.4. The number of hydrogen-bond donors (Lipinski definition) is 2. The number of carbonyl (C=O) groups is 1. The van der Waals surface area contributed by atoms with Crippen LogP contribution in [0.3, 0.4) is 0 Å². The fourth-order valence-electron chi connectivity index (χ4n) is 2.02. The van der Waals surface area contributed by atoms with E-state index in [1.165, 1.54) is 19.3 Å². The third-order valence-electron chi connectivity index (χ3n) is 3.29. The summed E-state index contributed by atoms with van der Waals surface area (Å²) in [4.78, 5) is 22.5. The first-order valence-corrected chi connectivity index (χ1v) is 8.17. The van der Waals surface area contributed by atoms with Crippen molar-refractivity contribution in [2.75, 3.05) is 12.4 Å². The number of hydrogen-bond acceptors (Lipinski definition) is 6. The minimum atomic E-state index is -0.738. The lowest BCUT2D eigenvalue weighted by molar-refractivity contribution is -0.386. The fourth-order valence-corrected chi connectivity index (χ4v) is 2.65. The SMILES string of the molecule is COc1ccc(NC(=O)/C(C#N)=C\c2cc(I)c(O)c([N+](=O)[O-])c2)cc1. The van der Waals surface area contributed by atoms with Crippen molar-refractivity contribution in [2.45, 2.75) is 0 Å². The maximum Gasteiger partial charge on any atom is 0.312 e. The van der Waals surface area contributed by atoms with Gasteiger partial charge < -0.3 is 15.2 Å². The summed E-state index contributed by atoms with van der Waals surface area (Å²) in [6, 6.07) is 10.8. The average Bonchev–Trinajstić information content (AvgIpc) is 2.62. The molecular formula is C17H12IN3O5. The molecule has 2 aromatic carbocycles. The number of nitrogens with zero attached hydrogens (tertiary/aromatic N) is 2. The molecule has 0 spiro atoms. The van der Waals surface area contributed by atoms with Crippen molar-refractivity contribution in [2.24, 2.45) is 0 Å². The van der Waals surface area contributed by atoms with Crippen LogP contribution in [0.5, 0.6) is 11.5 Å². The number of anilines is 1. The molecule has 26 heavy (non-hydrogen) atoms. The van der Waals surface area contributed by atoms with Gasteiger partial charge in [0.1, 0.15) is 17.4 Å². The van der Waals surface area contributed by atoms with Gasteiger partial charge in [-0.25, -0.2) is 0 Å². The lowest BCUT2D eigenvalue weighted by Crippen LogP contribution is -2.13. The van der Waals surface area contributed by atoms with E-state index < -0.39 is 22.3 Å². The molecule has 9 heteroatoms. The second-order valence-electron chi connectivity index (χ2n) is 4.98. The number of nitro groups is 1. The van der Waals surface area contributed by atoms with Crippen LogP contribution in [-0.4, -0.2) is 23.0 Å². The molecular weight excluding hydrogens is 453 g/mol. The second-order valence-corrected chi connectivity index (χ2v) is 6.14. The Bertz CT molecular complexity index is 933. The molecule has 0 atom stereocenters. The van der Waals surface area contributed by atoms with Gasteiger partial charge in [0, 0.05) is 11.8 Å². The summed E-state index contributed by atoms with van der Waals surface area (Å²) in [6.45, 7) is 0. The van der Waals surface area contributed by atoms with Crippen LogP contribution in [0.15, 0.2) is 42.0 Å². The van der Waals surface area contributed by atoms with Crippen LogP contribution in [0, 0.1) is 25.0 Å². The highest BCUT2D eigenvalue weighted by atomic mass is 127. The van der Waals surface area contributed by atoms with Crippen LogP contribution in [0.1, 0.15) is 5.56 Å². The average molecular weight is 465 g/mol. The number of nitro benzene ring substituents is 1. The lowest BCUT2D eigenvalue weighted by Gasteiger charge is -2.06. The van der Waals surface area contributed by atoms with E-state index in [2.05, 4.69) is 5.32 Å². The van der Waals surface area contributed by atoms with Crippen molar-refractivity contribution >= 4 is 45.9 Å². The fraction of sp³-hybridized carbons (Fsp3) is 0.0588. The molecule has 0 unspecified atom stereocenters. The molecule has 2 aromatic rings. The van der Waals surface area contributed by atoms with Crippen molar-refractivity contribution in [3.63, 3.8) is 0 Å². The third kappa shape index (κ3) is 4.48. The molecule has 0 aliphatic carbocycles. The Hall–Kier alpha value is -3.13. The molecule has 2 rings (SSSR count). The molecule has 0 bridgehead atoms. The summed E-state index contributed by atoms with van der Waals surface area (Å²) < 4.78 is 5.25. The van der Waals surface area contributed by atoms with Gasteiger partial charge in [0.05, 0.1) is 15.6 Å². The predicted octanol–water partition coefficient (Wildman–Crippen LogP) is 3.46. The number of aromatic hydroxyl groups is 1. The largest absolute Gasteiger partial charge is 0.501 e. The Morgan fingerprint density at radius 2 is 2.04 bits per heavy atom. The number of rotatable bonds is 5. The number of ether oxygens (including phenoxy) is 1. The highest BCUT2D eigenvalue weighted by molar-refractivity contribution is 14.1. The zero-order chi connectivity index (χ0) is 19.3. The van der Waals surface area contributed by atoms with Gasteiger partial charge in [0.2, 0.25) is 5.75 Å². The van der Waals surface area contributed by atoms with E-state index in [-0.39, 0.29) is 14.7 Å². The standard InChI is InChI=1S/C17H12IN3O5/c1-26-13-4-2-12(3-5-13)20-17(23)11(9-19)6-10-7-14(18)16(22)15(8-10)21(24)25/h2-8,22H,1H3,(H,20,23)/b11-6-. The molecule has 8 nitrogen and oxygen atoms in total. The summed E-state index contributed by atoms with van der Waals surface area (Å²) in [6.07, 6.45) is 1.22. The van der Waals surface area contributed by atoms with Gasteiger partial charge in [-0.15, -0.1) is 0 Å². The Balaban J connectivity index is 2.30. The van der Waals surface area contributed by atoms with Crippen molar-refractivity contribution in [1.29, 1.82) is 5.26 Å². The minimum Gasteiger partial charge on any atom is -0.501 e. The van der Waals surface area contributed by atoms with Crippen LogP contribution in [-0.2, 0) is 4.79 Å². The van der Waals surface area contributed by atoms with Gasteiger partial charge in [-0.2, -0.15) is 5.26 Å². The maximum atomic E-state index is 12.3.